The van der Waals surface area contributed by atoms with Gasteiger partial charge in [-0.2, -0.15) is 0 Å². The quantitative estimate of drug-likeness (QED) is 0.285. The first-order valence-electron chi connectivity index (χ1n) is 8.21. The normalized spacial score (nSPS) is 11.0. The Balaban J connectivity index is 2.71. The van der Waals surface area contributed by atoms with E-state index in [2.05, 4.69) is 4.52 Å². The maximum Gasteiger partial charge on any atom is 0.588 e. The standard InChI is InChI=1S/C15H13N4O12P/c1-8-4-10(16(20)21)14(11(5-8)17(22)23)30-32(28,29-3)31-15-12(18(24)25)6-9(2)7-13(15)19(26)27/h4-7H,1-3H3. The van der Waals surface area contributed by atoms with Crippen LogP contribution in [-0.4, -0.2) is 26.8 Å². The molecule has 0 saturated heterocycles. The first kappa shape index (κ1) is 24.1. The molecule has 0 saturated carbocycles. The number of nitro benzene ring substituents is 4. The van der Waals surface area contributed by atoms with Gasteiger partial charge in [-0.3, -0.25) is 45.0 Å². The lowest BCUT2D eigenvalue weighted by molar-refractivity contribution is -0.395. The molecule has 170 valence electrons. The van der Waals surface area contributed by atoms with Crippen molar-refractivity contribution in [2.75, 3.05) is 7.11 Å². The third kappa shape index (κ3) is 4.93. The van der Waals surface area contributed by atoms with Crippen molar-refractivity contribution in [2.45, 2.75) is 13.8 Å². The molecule has 2 aromatic carbocycles. The lowest BCUT2D eigenvalue weighted by Gasteiger charge is -2.17. The van der Waals surface area contributed by atoms with Gasteiger partial charge in [0, 0.05) is 31.4 Å². The van der Waals surface area contributed by atoms with E-state index in [1.165, 1.54) is 13.8 Å². The summed E-state index contributed by atoms with van der Waals surface area (Å²) in [6.07, 6.45) is 0. The number of rotatable bonds is 9. The fourth-order valence-corrected chi connectivity index (χ4v) is 3.52. The zero-order chi connectivity index (χ0) is 24.4. The molecule has 0 bridgehead atoms. The van der Waals surface area contributed by atoms with Gasteiger partial charge in [0.25, 0.3) is 11.5 Å². The van der Waals surface area contributed by atoms with E-state index in [9.17, 15) is 45.0 Å². The molecule has 16 nitrogen and oxygen atoms in total. The second-order valence-corrected chi connectivity index (χ2v) is 7.73. The first-order chi connectivity index (χ1) is 14.8. The SMILES string of the molecule is COP(=O)(Oc1c([N+](=O)[O-])cc(C)cc1[N+](=O)[O-])Oc1c([N+](=O)[O-])cc(C)cc1[N+](=O)[O-]. The van der Waals surface area contributed by atoms with Gasteiger partial charge in [-0.05, 0) is 25.0 Å². The number of hydrogen-bond acceptors (Lipinski definition) is 12. The molecule has 0 aliphatic rings. The van der Waals surface area contributed by atoms with E-state index in [0.29, 0.717) is 7.11 Å². The van der Waals surface area contributed by atoms with Gasteiger partial charge >= 0.3 is 30.6 Å². The van der Waals surface area contributed by atoms with E-state index in [0.717, 1.165) is 24.3 Å². The minimum absolute atomic E-state index is 0.0914. The molecule has 0 fully saturated rings. The minimum Gasteiger partial charge on any atom is -0.380 e. The Hall–Kier alpha value is -4.17. The average molecular weight is 472 g/mol. The Morgan fingerprint density at radius 1 is 0.656 bits per heavy atom. The molecule has 2 aromatic rings. The van der Waals surface area contributed by atoms with Crippen molar-refractivity contribution in [3.63, 3.8) is 0 Å². The maximum atomic E-state index is 13.0. The van der Waals surface area contributed by atoms with Gasteiger partial charge in [0.15, 0.2) is 0 Å². The lowest BCUT2D eigenvalue weighted by Crippen LogP contribution is -2.09. The van der Waals surface area contributed by atoms with Crippen LogP contribution < -0.4 is 9.05 Å². The molecule has 17 heteroatoms. The molecule has 32 heavy (non-hydrogen) atoms. The third-order valence-corrected chi connectivity index (χ3v) is 5.06. The maximum absolute atomic E-state index is 13.0. The molecule has 2 rings (SSSR count). The van der Waals surface area contributed by atoms with E-state index < -0.39 is 61.8 Å². The molecule has 0 aromatic heterocycles. The molecule has 0 aliphatic carbocycles. The van der Waals surface area contributed by atoms with Crippen LogP contribution in [0, 0.1) is 54.3 Å². The van der Waals surface area contributed by atoms with Crippen LogP contribution >= 0.6 is 7.82 Å². The van der Waals surface area contributed by atoms with E-state index in [1.807, 2.05) is 0 Å². The molecule has 0 spiro atoms. The summed E-state index contributed by atoms with van der Waals surface area (Å²) in [6, 6.07) is 3.50. The molecular weight excluding hydrogens is 459 g/mol. The van der Waals surface area contributed by atoms with E-state index in [1.54, 1.807) is 0 Å². The molecule has 0 atom stereocenters. The summed E-state index contributed by atoms with van der Waals surface area (Å²) < 4.78 is 27.4. The van der Waals surface area contributed by atoms with Crippen LogP contribution in [0.5, 0.6) is 11.5 Å². The van der Waals surface area contributed by atoms with Crippen molar-refractivity contribution < 1.29 is 37.8 Å². The van der Waals surface area contributed by atoms with Crippen molar-refractivity contribution in [3.05, 3.63) is 75.8 Å². The molecule has 0 heterocycles. The van der Waals surface area contributed by atoms with Gasteiger partial charge in [0.05, 0.1) is 19.7 Å². The van der Waals surface area contributed by atoms with Gasteiger partial charge in [-0.1, -0.05) is 0 Å². The molecular formula is C15H13N4O12P. The molecule has 0 amide bonds. The van der Waals surface area contributed by atoms with Crippen molar-refractivity contribution in [1.82, 2.24) is 0 Å². The Labute approximate surface area is 177 Å². The fourth-order valence-electron chi connectivity index (χ4n) is 2.52. The van der Waals surface area contributed by atoms with E-state index in [-0.39, 0.29) is 11.1 Å². The number of nitro groups is 4. The predicted octanol–water partition coefficient (Wildman–Crippen LogP) is 4.15. The Morgan fingerprint density at radius 3 is 1.09 bits per heavy atom. The minimum atomic E-state index is -5.16. The second kappa shape index (κ2) is 8.91. The third-order valence-electron chi connectivity index (χ3n) is 3.80. The summed E-state index contributed by atoms with van der Waals surface area (Å²) in [7, 11) is -4.45. The number of hydrogen-bond donors (Lipinski definition) is 0. The van der Waals surface area contributed by atoms with Crippen LogP contribution in [-0.2, 0) is 9.09 Å². The van der Waals surface area contributed by atoms with Crippen molar-refractivity contribution in [3.8, 4) is 11.5 Å². The second-order valence-electron chi connectivity index (χ2n) is 6.11. The average Bonchev–Trinajstić information content (AvgIpc) is 2.69. The Kier molecular flexibility index (Phi) is 6.71. The first-order valence-corrected chi connectivity index (χ1v) is 9.67. The zero-order valence-corrected chi connectivity index (χ0v) is 17.3. The number of aryl methyl sites for hydroxylation is 2. The largest absolute Gasteiger partial charge is 0.588 e. The van der Waals surface area contributed by atoms with Gasteiger partial charge in [-0.15, -0.1) is 0 Å². The topological polar surface area (TPSA) is 217 Å². The highest BCUT2D eigenvalue weighted by molar-refractivity contribution is 7.49. The van der Waals surface area contributed by atoms with Crippen LogP contribution in [0.3, 0.4) is 0 Å². The lowest BCUT2D eigenvalue weighted by atomic mass is 10.2. The molecule has 0 unspecified atom stereocenters. The number of phosphoric ester groups is 1. The summed E-state index contributed by atoms with van der Waals surface area (Å²) in [5, 5.41) is 45.4. The summed E-state index contributed by atoms with van der Waals surface area (Å²) in [6.45, 7) is 2.63. The van der Waals surface area contributed by atoms with Gasteiger partial charge in [0.1, 0.15) is 0 Å². The highest BCUT2D eigenvalue weighted by Gasteiger charge is 2.42. The van der Waals surface area contributed by atoms with Crippen LogP contribution in [0.15, 0.2) is 24.3 Å². The summed E-state index contributed by atoms with van der Waals surface area (Å²) in [5.41, 5.74) is -3.74. The zero-order valence-electron chi connectivity index (χ0n) is 16.4. The molecule has 0 N–H and O–H groups in total. The monoisotopic (exact) mass is 472 g/mol. The summed E-state index contributed by atoms with van der Waals surface area (Å²) >= 11 is 0. The van der Waals surface area contributed by atoms with Crippen molar-refractivity contribution in [1.29, 1.82) is 0 Å². The fraction of sp³-hybridized carbons (Fsp3) is 0.200. The van der Waals surface area contributed by atoms with Crippen LogP contribution in [0.25, 0.3) is 0 Å². The Bertz CT molecular complexity index is 1040. The summed E-state index contributed by atoms with van der Waals surface area (Å²) in [4.78, 5) is 41.2. The van der Waals surface area contributed by atoms with Gasteiger partial charge in [-0.25, -0.2) is 4.57 Å². The van der Waals surface area contributed by atoms with Crippen molar-refractivity contribution >= 4 is 30.6 Å². The number of benzene rings is 2. The van der Waals surface area contributed by atoms with Crippen LogP contribution in [0.1, 0.15) is 11.1 Å². The van der Waals surface area contributed by atoms with Gasteiger partial charge < -0.3 is 9.05 Å². The highest BCUT2D eigenvalue weighted by Crippen LogP contribution is 2.56. The van der Waals surface area contributed by atoms with Gasteiger partial charge in [0.2, 0.25) is 0 Å². The van der Waals surface area contributed by atoms with E-state index >= 15 is 0 Å². The molecule has 0 aliphatic heterocycles. The number of phosphoric acid groups is 1. The van der Waals surface area contributed by atoms with E-state index in [4.69, 9.17) is 9.05 Å². The van der Waals surface area contributed by atoms with Crippen LogP contribution in [0.2, 0.25) is 0 Å². The number of nitrogens with zero attached hydrogens (tertiary/aromatic N) is 4. The smallest absolute Gasteiger partial charge is 0.380 e. The van der Waals surface area contributed by atoms with Crippen LogP contribution in [0.4, 0.5) is 22.7 Å². The van der Waals surface area contributed by atoms with Crippen molar-refractivity contribution in [2.24, 2.45) is 0 Å². The molecule has 0 radical (unpaired) electrons. The predicted molar refractivity (Wildman–Crippen MR) is 105 cm³/mol. The highest BCUT2D eigenvalue weighted by atomic mass is 31.2. The Morgan fingerprint density at radius 2 is 0.906 bits per heavy atom. The summed E-state index contributed by atoms with van der Waals surface area (Å²) in [5.74, 6) is -2.26.